The molecule has 1 aromatic carbocycles. The van der Waals surface area contributed by atoms with Gasteiger partial charge in [0.05, 0.1) is 6.04 Å². The van der Waals surface area contributed by atoms with Crippen molar-refractivity contribution in [3.05, 3.63) is 54.4 Å². The Hall–Kier alpha value is -2.03. The van der Waals surface area contributed by atoms with Crippen molar-refractivity contribution in [2.24, 2.45) is 5.92 Å². The summed E-state index contributed by atoms with van der Waals surface area (Å²) in [5.74, 6) is 0.445. The Bertz CT molecular complexity index is 580. The second kappa shape index (κ2) is 6.17. The van der Waals surface area contributed by atoms with Crippen LogP contribution in [0, 0.1) is 5.92 Å². The topological polar surface area (TPSA) is 34.0 Å². The van der Waals surface area contributed by atoms with Crippen LogP contribution in [0.15, 0.2) is 48.8 Å². The fraction of sp³-hybridized carbons (Fsp3) is 0.389. The van der Waals surface area contributed by atoms with Crippen molar-refractivity contribution < 1.29 is 4.79 Å². The van der Waals surface area contributed by atoms with Crippen LogP contribution in [0.25, 0.3) is 5.69 Å². The Morgan fingerprint density at radius 2 is 1.76 bits per heavy atom. The Kier molecular flexibility index (Phi) is 4.09. The van der Waals surface area contributed by atoms with Crippen LogP contribution in [0.4, 0.5) is 0 Å². The Morgan fingerprint density at radius 1 is 1.14 bits per heavy atom. The van der Waals surface area contributed by atoms with Gasteiger partial charge in [-0.3, -0.25) is 4.79 Å². The van der Waals surface area contributed by atoms with Crippen LogP contribution in [0.1, 0.15) is 44.2 Å². The van der Waals surface area contributed by atoms with Crippen molar-refractivity contribution in [3.8, 4) is 5.69 Å². The molecule has 1 aliphatic carbocycles. The van der Waals surface area contributed by atoms with Gasteiger partial charge in [0.2, 0.25) is 5.91 Å². The maximum absolute atomic E-state index is 12.2. The first-order valence-corrected chi connectivity index (χ1v) is 7.78. The zero-order valence-electron chi connectivity index (χ0n) is 12.5. The van der Waals surface area contributed by atoms with Crippen molar-refractivity contribution in [1.29, 1.82) is 0 Å². The van der Waals surface area contributed by atoms with E-state index in [1.165, 1.54) is 12.8 Å². The van der Waals surface area contributed by atoms with Crippen LogP contribution >= 0.6 is 0 Å². The molecule has 1 amide bonds. The molecule has 3 rings (SSSR count). The van der Waals surface area contributed by atoms with Crippen molar-refractivity contribution in [2.75, 3.05) is 0 Å². The highest BCUT2D eigenvalue weighted by Gasteiger charge is 2.23. The van der Waals surface area contributed by atoms with Crippen LogP contribution in [-0.2, 0) is 4.79 Å². The SMILES string of the molecule is CC(NC(=O)C1CCCC1)c1ccc(-n2cccc2)cc1. The van der Waals surface area contributed by atoms with Crippen molar-refractivity contribution in [2.45, 2.75) is 38.6 Å². The molecular weight excluding hydrogens is 260 g/mol. The molecule has 110 valence electrons. The van der Waals surface area contributed by atoms with Gasteiger partial charge in [0.25, 0.3) is 0 Å². The zero-order valence-corrected chi connectivity index (χ0v) is 12.5. The minimum absolute atomic E-state index is 0.0665. The minimum atomic E-state index is 0.0665. The molecule has 0 aliphatic heterocycles. The van der Waals surface area contributed by atoms with Gasteiger partial charge in [-0.1, -0.05) is 25.0 Å². The molecule has 1 atom stereocenters. The first-order valence-electron chi connectivity index (χ1n) is 7.78. The van der Waals surface area contributed by atoms with Gasteiger partial charge in [-0.15, -0.1) is 0 Å². The standard InChI is InChI=1S/C18H22N2O/c1-14(19-18(21)16-6-2-3-7-16)15-8-10-17(11-9-15)20-12-4-5-13-20/h4-5,8-14,16H,2-3,6-7H2,1H3,(H,19,21). The molecule has 0 bridgehead atoms. The summed E-state index contributed by atoms with van der Waals surface area (Å²) >= 11 is 0. The van der Waals surface area contributed by atoms with E-state index < -0.39 is 0 Å². The third-order valence-electron chi connectivity index (χ3n) is 4.38. The lowest BCUT2D eigenvalue weighted by molar-refractivity contribution is -0.125. The molecule has 1 fully saturated rings. The van der Waals surface area contributed by atoms with Gasteiger partial charge in [-0.25, -0.2) is 0 Å². The number of nitrogens with one attached hydrogen (secondary N) is 1. The van der Waals surface area contributed by atoms with E-state index in [4.69, 9.17) is 0 Å². The highest BCUT2D eigenvalue weighted by Crippen LogP contribution is 2.26. The number of amides is 1. The largest absolute Gasteiger partial charge is 0.349 e. The van der Waals surface area contributed by atoms with Gasteiger partial charge < -0.3 is 9.88 Å². The molecule has 1 unspecified atom stereocenters. The van der Waals surface area contributed by atoms with Gasteiger partial charge in [0, 0.05) is 24.0 Å². The minimum Gasteiger partial charge on any atom is -0.349 e. The monoisotopic (exact) mass is 282 g/mol. The molecule has 0 spiro atoms. The summed E-state index contributed by atoms with van der Waals surface area (Å²) in [5, 5.41) is 3.15. The molecule has 3 heteroatoms. The molecule has 1 aromatic heterocycles. The first kappa shape index (κ1) is 13.9. The number of aromatic nitrogens is 1. The van der Waals surface area contributed by atoms with Gasteiger partial charge >= 0.3 is 0 Å². The maximum atomic E-state index is 12.2. The molecule has 3 nitrogen and oxygen atoms in total. The number of nitrogens with zero attached hydrogens (tertiary/aromatic N) is 1. The number of carbonyl (C=O) groups excluding carboxylic acids is 1. The lowest BCUT2D eigenvalue weighted by Crippen LogP contribution is -2.31. The quantitative estimate of drug-likeness (QED) is 0.908. The number of benzene rings is 1. The summed E-state index contributed by atoms with van der Waals surface area (Å²) in [5.41, 5.74) is 2.29. The summed E-state index contributed by atoms with van der Waals surface area (Å²) in [7, 11) is 0. The molecule has 1 N–H and O–H groups in total. The summed E-state index contributed by atoms with van der Waals surface area (Å²) in [6, 6.07) is 12.5. The van der Waals surface area contributed by atoms with E-state index in [0.29, 0.717) is 0 Å². The van der Waals surface area contributed by atoms with Crippen LogP contribution in [0.2, 0.25) is 0 Å². The second-order valence-electron chi connectivity index (χ2n) is 5.89. The zero-order chi connectivity index (χ0) is 14.7. The molecule has 0 saturated heterocycles. The Morgan fingerprint density at radius 3 is 2.38 bits per heavy atom. The van der Waals surface area contributed by atoms with Gasteiger partial charge in [-0.2, -0.15) is 0 Å². The van der Waals surface area contributed by atoms with Crippen LogP contribution in [0.5, 0.6) is 0 Å². The average Bonchev–Trinajstić information content (AvgIpc) is 3.20. The second-order valence-corrected chi connectivity index (χ2v) is 5.89. The summed E-state index contributed by atoms with van der Waals surface area (Å²) in [6.07, 6.45) is 8.53. The predicted molar refractivity (Wildman–Crippen MR) is 84.3 cm³/mol. The highest BCUT2D eigenvalue weighted by molar-refractivity contribution is 5.79. The molecular formula is C18H22N2O. The van der Waals surface area contributed by atoms with Crippen molar-refractivity contribution in [1.82, 2.24) is 9.88 Å². The maximum Gasteiger partial charge on any atom is 0.223 e. The smallest absolute Gasteiger partial charge is 0.223 e. The van der Waals surface area contributed by atoms with Crippen molar-refractivity contribution in [3.63, 3.8) is 0 Å². The van der Waals surface area contributed by atoms with Gasteiger partial charge in [0.15, 0.2) is 0 Å². The molecule has 21 heavy (non-hydrogen) atoms. The molecule has 0 radical (unpaired) electrons. The summed E-state index contributed by atoms with van der Waals surface area (Å²) in [4.78, 5) is 12.2. The molecule has 2 aromatic rings. The molecule has 1 aliphatic rings. The summed E-state index contributed by atoms with van der Waals surface area (Å²) in [6.45, 7) is 2.05. The predicted octanol–water partition coefficient (Wildman–Crippen LogP) is 3.84. The number of hydrogen-bond acceptors (Lipinski definition) is 1. The number of rotatable bonds is 4. The van der Waals surface area contributed by atoms with Gasteiger partial charge in [0.1, 0.15) is 0 Å². The average molecular weight is 282 g/mol. The van der Waals surface area contributed by atoms with E-state index in [-0.39, 0.29) is 17.9 Å². The van der Waals surface area contributed by atoms with Crippen LogP contribution in [-0.4, -0.2) is 10.5 Å². The lowest BCUT2D eigenvalue weighted by Gasteiger charge is -2.17. The fourth-order valence-corrected chi connectivity index (χ4v) is 3.04. The molecule has 1 saturated carbocycles. The van der Waals surface area contributed by atoms with Crippen molar-refractivity contribution >= 4 is 5.91 Å². The van der Waals surface area contributed by atoms with Gasteiger partial charge in [-0.05, 0) is 49.6 Å². The third kappa shape index (κ3) is 3.18. The fourth-order valence-electron chi connectivity index (χ4n) is 3.04. The van der Waals surface area contributed by atoms with E-state index in [1.807, 2.05) is 24.5 Å². The Balaban J connectivity index is 1.64. The van der Waals surface area contributed by atoms with E-state index >= 15 is 0 Å². The normalized spacial score (nSPS) is 16.8. The summed E-state index contributed by atoms with van der Waals surface area (Å²) < 4.78 is 2.07. The van der Waals surface area contributed by atoms with Crippen LogP contribution < -0.4 is 5.32 Å². The van der Waals surface area contributed by atoms with E-state index in [1.54, 1.807) is 0 Å². The van der Waals surface area contributed by atoms with E-state index in [2.05, 4.69) is 41.1 Å². The van der Waals surface area contributed by atoms with E-state index in [0.717, 1.165) is 24.1 Å². The lowest BCUT2D eigenvalue weighted by atomic mass is 10.0. The Labute approximate surface area is 126 Å². The van der Waals surface area contributed by atoms with E-state index in [9.17, 15) is 4.79 Å². The van der Waals surface area contributed by atoms with Crippen LogP contribution in [0.3, 0.4) is 0 Å². The number of carbonyl (C=O) groups is 1. The molecule has 1 heterocycles. The highest BCUT2D eigenvalue weighted by atomic mass is 16.1. The number of hydrogen-bond donors (Lipinski definition) is 1. The first-order chi connectivity index (χ1) is 10.2. The third-order valence-corrected chi connectivity index (χ3v) is 4.38.